The van der Waals surface area contributed by atoms with E-state index in [2.05, 4.69) is 26.3 Å². The number of nitrogens with zero attached hydrogens (tertiary/aromatic N) is 6. The molecule has 5 rings (SSSR count). The van der Waals surface area contributed by atoms with Crippen LogP contribution in [0, 0.1) is 11.3 Å². The first-order chi connectivity index (χ1) is 19.4. The van der Waals surface area contributed by atoms with Gasteiger partial charge >= 0.3 is 6.09 Å². The molecule has 1 amide bonds. The van der Waals surface area contributed by atoms with Gasteiger partial charge in [-0.25, -0.2) is 14.3 Å². The van der Waals surface area contributed by atoms with Crippen molar-refractivity contribution in [3.05, 3.63) is 42.4 Å². The highest BCUT2D eigenvalue weighted by molar-refractivity contribution is 5.85. The number of hydrogen-bond donors (Lipinski definition) is 1. The Bertz CT molecular complexity index is 1350. The molecule has 11 nitrogen and oxygen atoms in total. The molecule has 40 heavy (non-hydrogen) atoms. The molecule has 0 bridgehead atoms. The van der Waals surface area contributed by atoms with Crippen molar-refractivity contribution in [3.8, 4) is 22.9 Å². The second-order valence-electron chi connectivity index (χ2n) is 10.6. The molecule has 3 aromatic rings. The molecule has 212 valence electrons. The summed E-state index contributed by atoms with van der Waals surface area (Å²) >= 11 is 0. The Hall–Kier alpha value is -3.88. The average molecular weight is 548 g/mol. The van der Waals surface area contributed by atoms with Crippen LogP contribution in [0.1, 0.15) is 39.2 Å². The quantitative estimate of drug-likeness (QED) is 0.452. The summed E-state index contributed by atoms with van der Waals surface area (Å²) in [7, 11) is 0. The van der Waals surface area contributed by atoms with E-state index in [0.717, 1.165) is 68.0 Å². The number of piperidine rings is 1. The highest BCUT2D eigenvalue weighted by atomic mass is 16.6. The Morgan fingerprint density at radius 1 is 1.20 bits per heavy atom. The van der Waals surface area contributed by atoms with Gasteiger partial charge in [0.25, 0.3) is 0 Å². The summed E-state index contributed by atoms with van der Waals surface area (Å²) in [6.07, 6.45) is 6.20. The third-order valence-electron chi connectivity index (χ3n) is 7.46. The zero-order valence-corrected chi connectivity index (χ0v) is 23.4. The van der Waals surface area contributed by atoms with E-state index >= 15 is 0 Å². The Kier molecular flexibility index (Phi) is 8.38. The number of ether oxygens (including phenoxy) is 3. The summed E-state index contributed by atoms with van der Waals surface area (Å²) in [4.78, 5) is 22.1. The van der Waals surface area contributed by atoms with Gasteiger partial charge in [-0.15, -0.1) is 0 Å². The van der Waals surface area contributed by atoms with Gasteiger partial charge in [0.1, 0.15) is 17.6 Å². The third-order valence-corrected chi connectivity index (χ3v) is 7.46. The van der Waals surface area contributed by atoms with Crippen molar-refractivity contribution in [3.63, 3.8) is 0 Å². The molecule has 11 heteroatoms. The number of carbonyl (C=O) groups excluding carboxylic acids is 1. The number of hydrogen-bond acceptors (Lipinski definition) is 9. The first-order valence-electron chi connectivity index (χ1n) is 13.9. The van der Waals surface area contributed by atoms with E-state index in [4.69, 9.17) is 19.2 Å². The van der Waals surface area contributed by atoms with Gasteiger partial charge in [0, 0.05) is 50.0 Å². The van der Waals surface area contributed by atoms with Crippen LogP contribution >= 0.6 is 0 Å². The predicted octanol–water partition coefficient (Wildman–Crippen LogP) is 3.47. The largest absolute Gasteiger partial charge is 0.492 e. The molecule has 0 radical (unpaired) electrons. The number of aromatic nitrogens is 3. The molecule has 1 N–H and O–H groups in total. The second kappa shape index (κ2) is 12.1. The molecule has 0 aromatic carbocycles. The summed E-state index contributed by atoms with van der Waals surface area (Å²) in [5.41, 5.74) is 2.57. The molecule has 3 aromatic heterocycles. The number of carbonyl (C=O) groups is 1. The summed E-state index contributed by atoms with van der Waals surface area (Å²) in [6.45, 7) is 11.6. The van der Waals surface area contributed by atoms with Crippen LogP contribution in [0.2, 0.25) is 0 Å². The second-order valence-corrected chi connectivity index (χ2v) is 10.6. The van der Waals surface area contributed by atoms with E-state index in [-0.39, 0.29) is 17.7 Å². The van der Waals surface area contributed by atoms with E-state index < -0.39 is 0 Å². The van der Waals surface area contributed by atoms with Crippen molar-refractivity contribution in [2.24, 2.45) is 0 Å². The van der Waals surface area contributed by atoms with Crippen molar-refractivity contribution >= 4 is 17.4 Å². The van der Waals surface area contributed by atoms with Gasteiger partial charge in [-0.3, -0.25) is 4.90 Å². The third kappa shape index (κ3) is 6.13. The SMILES string of the molecule is CCOc1cc(-c2ccc(N3CCC(CN4CCOCC4)(NC(=O)OC(C)C)CC3)nc2)c2c(C#N)cnn2c1. The van der Waals surface area contributed by atoms with Crippen molar-refractivity contribution in [2.75, 3.05) is 57.4 Å². The lowest BCUT2D eigenvalue weighted by Crippen LogP contribution is -2.62. The van der Waals surface area contributed by atoms with Crippen LogP contribution in [0.4, 0.5) is 10.6 Å². The van der Waals surface area contributed by atoms with Crippen LogP contribution in [-0.4, -0.2) is 89.8 Å². The van der Waals surface area contributed by atoms with E-state index in [1.807, 2.05) is 45.2 Å². The molecule has 0 atom stereocenters. The summed E-state index contributed by atoms with van der Waals surface area (Å²) in [6, 6.07) is 8.20. The molecular weight excluding hydrogens is 510 g/mol. The van der Waals surface area contributed by atoms with Crippen LogP contribution in [-0.2, 0) is 9.47 Å². The van der Waals surface area contributed by atoms with Gasteiger partial charge in [0.05, 0.1) is 54.9 Å². The minimum absolute atomic E-state index is 0.175. The monoisotopic (exact) mass is 547 g/mol. The Morgan fingerprint density at radius 2 is 1.98 bits per heavy atom. The molecule has 0 saturated carbocycles. The molecule has 2 aliphatic rings. The predicted molar refractivity (Wildman–Crippen MR) is 150 cm³/mol. The standard InChI is InChI=1S/C29H37N7O4/c1-4-39-24-15-25(27-23(16-30)18-32-36(27)19-24)22-5-6-26(31-17-22)35-9-7-29(8-10-35,33-28(37)40-21(2)3)20-34-11-13-38-14-12-34/h5-6,15,17-19,21H,4,7-14,20H2,1-3H3,(H,33,37). The lowest BCUT2D eigenvalue weighted by molar-refractivity contribution is 0.0184. The first-order valence-corrected chi connectivity index (χ1v) is 13.9. The van der Waals surface area contributed by atoms with E-state index in [0.29, 0.717) is 31.1 Å². The summed E-state index contributed by atoms with van der Waals surface area (Å²) in [5.74, 6) is 1.55. The maximum absolute atomic E-state index is 12.6. The molecule has 0 spiro atoms. The molecule has 2 fully saturated rings. The zero-order valence-electron chi connectivity index (χ0n) is 23.4. The topological polar surface area (TPSA) is 117 Å². The number of anilines is 1. The minimum atomic E-state index is -0.374. The molecule has 0 unspecified atom stereocenters. The number of pyridine rings is 2. The Labute approximate surface area is 234 Å². The first kappa shape index (κ1) is 27.7. The lowest BCUT2D eigenvalue weighted by atomic mass is 9.86. The Morgan fingerprint density at radius 3 is 2.62 bits per heavy atom. The van der Waals surface area contributed by atoms with Gasteiger partial charge in [0.15, 0.2) is 0 Å². The van der Waals surface area contributed by atoms with Crippen LogP contribution in [0.3, 0.4) is 0 Å². The zero-order chi connectivity index (χ0) is 28.1. The summed E-state index contributed by atoms with van der Waals surface area (Å²) in [5, 5.41) is 17.2. The van der Waals surface area contributed by atoms with Gasteiger partial charge in [-0.05, 0) is 51.8 Å². The number of fused-ring (bicyclic) bond motifs is 1. The van der Waals surface area contributed by atoms with Crippen molar-refractivity contribution < 1.29 is 19.0 Å². The highest BCUT2D eigenvalue weighted by Crippen LogP contribution is 2.32. The van der Waals surface area contributed by atoms with Crippen LogP contribution in [0.15, 0.2) is 36.8 Å². The van der Waals surface area contributed by atoms with Gasteiger partial charge in [-0.2, -0.15) is 10.4 Å². The molecule has 2 saturated heterocycles. The number of alkyl carbamates (subject to hydrolysis) is 1. The van der Waals surface area contributed by atoms with Crippen LogP contribution in [0.5, 0.6) is 5.75 Å². The van der Waals surface area contributed by atoms with E-state index in [1.165, 1.54) is 0 Å². The number of amides is 1. The van der Waals surface area contributed by atoms with Crippen molar-refractivity contribution in [1.82, 2.24) is 24.8 Å². The fraction of sp³-hybridized carbons (Fsp3) is 0.517. The molecule has 5 heterocycles. The lowest BCUT2D eigenvalue weighted by Gasteiger charge is -2.45. The van der Waals surface area contributed by atoms with E-state index in [9.17, 15) is 10.1 Å². The molecular formula is C29H37N7O4. The van der Waals surface area contributed by atoms with Crippen molar-refractivity contribution in [2.45, 2.75) is 45.3 Å². The average Bonchev–Trinajstić information content (AvgIpc) is 3.36. The van der Waals surface area contributed by atoms with Crippen LogP contribution in [0.25, 0.3) is 16.6 Å². The maximum Gasteiger partial charge on any atom is 0.407 e. The van der Waals surface area contributed by atoms with Gasteiger partial charge in [-0.1, -0.05) is 0 Å². The number of morpholine rings is 1. The van der Waals surface area contributed by atoms with Crippen LogP contribution < -0.4 is 15.0 Å². The minimum Gasteiger partial charge on any atom is -0.492 e. The Balaban J connectivity index is 1.33. The van der Waals surface area contributed by atoms with E-state index in [1.54, 1.807) is 16.9 Å². The van der Waals surface area contributed by atoms with Gasteiger partial charge < -0.3 is 24.4 Å². The normalized spacial score (nSPS) is 17.5. The maximum atomic E-state index is 12.6. The highest BCUT2D eigenvalue weighted by Gasteiger charge is 2.39. The van der Waals surface area contributed by atoms with Crippen molar-refractivity contribution in [1.29, 1.82) is 5.26 Å². The number of nitrogens with one attached hydrogen (secondary N) is 1. The fourth-order valence-electron chi connectivity index (χ4n) is 5.51. The smallest absolute Gasteiger partial charge is 0.407 e. The fourth-order valence-corrected chi connectivity index (χ4v) is 5.51. The molecule has 2 aliphatic heterocycles. The molecule has 0 aliphatic carbocycles. The van der Waals surface area contributed by atoms with Gasteiger partial charge in [0.2, 0.25) is 0 Å². The number of nitriles is 1. The summed E-state index contributed by atoms with van der Waals surface area (Å²) < 4.78 is 18.4. The number of rotatable bonds is 8.